The average Bonchev–Trinajstić information content (AvgIpc) is 3.68. The molecule has 4 aromatic rings. The van der Waals surface area contributed by atoms with Gasteiger partial charge >= 0.3 is 6.03 Å². The van der Waals surface area contributed by atoms with Crippen LogP contribution in [0.15, 0.2) is 78.9 Å². The molecule has 0 saturated carbocycles. The van der Waals surface area contributed by atoms with E-state index in [1.54, 1.807) is 29.2 Å². The van der Waals surface area contributed by atoms with Gasteiger partial charge < -0.3 is 15.0 Å². The highest BCUT2D eigenvalue weighted by Crippen LogP contribution is 2.45. The minimum Gasteiger partial charge on any atom is -0.376 e. The molecule has 0 bridgehead atoms. The molecule has 1 aromatic heterocycles. The van der Waals surface area contributed by atoms with Crippen LogP contribution >= 0.6 is 0 Å². The van der Waals surface area contributed by atoms with Crippen LogP contribution in [0.25, 0.3) is 10.9 Å². The zero-order chi connectivity index (χ0) is 26.5. The Kier molecular flexibility index (Phi) is 5.70. The number of carbonyl (C=O) groups is 3. The Morgan fingerprint density at radius 1 is 0.974 bits per heavy atom. The number of nitrogens with zero attached hydrogens (tertiary/aromatic N) is 2. The van der Waals surface area contributed by atoms with E-state index >= 15 is 0 Å². The number of aromatic amines is 1. The summed E-state index contributed by atoms with van der Waals surface area (Å²) in [6.07, 6.45) is 2.26. The van der Waals surface area contributed by atoms with Gasteiger partial charge in [0, 0.05) is 36.2 Å². The minimum atomic E-state index is -0.683. The first-order valence-corrected chi connectivity index (χ1v) is 13.4. The number of aromatic nitrogens is 1. The minimum absolute atomic E-state index is 0.0133. The number of fused-ring (bicyclic) bond motifs is 4. The third-order valence-electron chi connectivity index (χ3n) is 8.07. The van der Waals surface area contributed by atoms with Crippen LogP contribution in [0, 0.1) is 0 Å². The standard InChI is InChI=1S/C31H28N4O4/c36-29(32-18-20-11-8-16-39-20)22-13-5-7-15-25(22)35-30(37)26-17-23-21-12-4-6-14-24(21)33-27(23)28(34(26)31(35)38)19-9-2-1-3-10-19/h1-7,9-10,12-15,20,26,28,33H,8,11,16-18H2,(H,32,36)/t20-,26-,28+/m0/s1. The molecule has 2 fully saturated rings. The van der Waals surface area contributed by atoms with Crippen molar-refractivity contribution in [3.05, 3.63) is 101 Å². The summed E-state index contributed by atoms with van der Waals surface area (Å²) >= 11 is 0. The summed E-state index contributed by atoms with van der Waals surface area (Å²) in [6, 6.07) is 23.0. The number of imide groups is 1. The van der Waals surface area contributed by atoms with Crippen LogP contribution in [-0.2, 0) is 16.0 Å². The van der Waals surface area contributed by atoms with E-state index in [1.165, 1.54) is 4.90 Å². The largest absolute Gasteiger partial charge is 0.376 e. The van der Waals surface area contributed by atoms with Gasteiger partial charge in [0.1, 0.15) is 12.1 Å². The van der Waals surface area contributed by atoms with Gasteiger partial charge in [-0.3, -0.25) is 14.5 Å². The van der Waals surface area contributed by atoms with Crippen molar-refractivity contribution in [1.29, 1.82) is 0 Å². The first-order chi connectivity index (χ1) is 19.1. The van der Waals surface area contributed by atoms with Crippen LogP contribution in [0.1, 0.15) is 46.1 Å². The van der Waals surface area contributed by atoms with Gasteiger partial charge in [0.25, 0.3) is 11.8 Å². The molecule has 2 N–H and O–H groups in total. The lowest BCUT2D eigenvalue weighted by Gasteiger charge is -2.36. The molecule has 196 valence electrons. The van der Waals surface area contributed by atoms with Crippen molar-refractivity contribution >= 4 is 34.4 Å². The highest BCUT2D eigenvalue weighted by molar-refractivity contribution is 6.24. The predicted octanol–water partition coefficient (Wildman–Crippen LogP) is 4.56. The summed E-state index contributed by atoms with van der Waals surface area (Å²) in [5, 5.41) is 3.99. The summed E-state index contributed by atoms with van der Waals surface area (Å²) in [5.41, 5.74) is 4.45. The van der Waals surface area contributed by atoms with Crippen LogP contribution in [0.2, 0.25) is 0 Å². The molecule has 3 atom stereocenters. The number of hydrogen-bond acceptors (Lipinski definition) is 4. The maximum absolute atomic E-state index is 14.2. The second-order valence-corrected chi connectivity index (χ2v) is 10.3. The molecular formula is C31H28N4O4. The Hall–Kier alpha value is -4.43. The number of anilines is 1. The van der Waals surface area contributed by atoms with Gasteiger partial charge in [-0.05, 0) is 42.2 Å². The topological polar surface area (TPSA) is 94.7 Å². The second-order valence-electron chi connectivity index (χ2n) is 10.3. The summed E-state index contributed by atoms with van der Waals surface area (Å²) < 4.78 is 5.63. The van der Waals surface area contributed by atoms with Gasteiger partial charge in [0.2, 0.25) is 0 Å². The fraction of sp³-hybridized carbons (Fsp3) is 0.258. The third-order valence-corrected chi connectivity index (χ3v) is 8.07. The Morgan fingerprint density at radius 3 is 2.56 bits per heavy atom. The number of nitrogens with one attached hydrogen (secondary N) is 2. The van der Waals surface area contributed by atoms with E-state index in [0.717, 1.165) is 40.6 Å². The molecule has 0 spiro atoms. The van der Waals surface area contributed by atoms with Crippen molar-refractivity contribution in [3.8, 4) is 0 Å². The maximum Gasteiger partial charge on any atom is 0.332 e. The maximum atomic E-state index is 14.2. The molecule has 3 aliphatic heterocycles. The monoisotopic (exact) mass is 520 g/mol. The van der Waals surface area contributed by atoms with Gasteiger partial charge in [-0.2, -0.15) is 0 Å². The molecule has 8 heteroatoms. The summed E-state index contributed by atoms with van der Waals surface area (Å²) in [4.78, 5) is 47.9. The van der Waals surface area contributed by atoms with Gasteiger partial charge in [-0.15, -0.1) is 0 Å². The summed E-state index contributed by atoms with van der Waals surface area (Å²) in [7, 11) is 0. The Balaban J connectivity index is 1.28. The smallest absolute Gasteiger partial charge is 0.332 e. The van der Waals surface area contributed by atoms with Crippen LogP contribution < -0.4 is 10.2 Å². The Labute approximate surface area is 225 Å². The van der Waals surface area contributed by atoms with Gasteiger partial charge in [-0.1, -0.05) is 60.7 Å². The molecule has 3 aliphatic rings. The van der Waals surface area contributed by atoms with E-state index in [0.29, 0.717) is 25.3 Å². The number of urea groups is 1. The van der Waals surface area contributed by atoms with E-state index in [1.807, 2.05) is 48.5 Å². The number of para-hydroxylation sites is 2. The lowest BCUT2D eigenvalue weighted by Crippen LogP contribution is -2.44. The summed E-state index contributed by atoms with van der Waals surface area (Å²) in [5.74, 6) is -0.654. The normalized spacial score (nSPS) is 22.3. The number of carbonyl (C=O) groups excluding carboxylic acids is 3. The van der Waals surface area contributed by atoms with Crippen LogP contribution in [0.5, 0.6) is 0 Å². The zero-order valence-electron chi connectivity index (χ0n) is 21.3. The molecule has 4 heterocycles. The predicted molar refractivity (Wildman–Crippen MR) is 147 cm³/mol. The third kappa shape index (κ3) is 3.82. The highest BCUT2D eigenvalue weighted by atomic mass is 16.5. The molecule has 2 saturated heterocycles. The molecule has 0 aliphatic carbocycles. The van der Waals surface area contributed by atoms with E-state index in [2.05, 4.69) is 16.4 Å². The van der Waals surface area contributed by atoms with E-state index in [-0.39, 0.29) is 23.5 Å². The van der Waals surface area contributed by atoms with Crippen LogP contribution in [0.3, 0.4) is 0 Å². The fourth-order valence-corrected chi connectivity index (χ4v) is 6.25. The molecule has 0 radical (unpaired) electrons. The number of benzene rings is 3. The number of hydrogen-bond donors (Lipinski definition) is 2. The lowest BCUT2D eigenvalue weighted by atomic mass is 9.89. The fourth-order valence-electron chi connectivity index (χ4n) is 6.25. The van der Waals surface area contributed by atoms with Crippen LogP contribution in [-0.4, -0.2) is 53.0 Å². The van der Waals surface area contributed by atoms with Gasteiger partial charge in [0.05, 0.1) is 17.4 Å². The number of rotatable bonds is 5. The van der Waals surface area contributed by atoms with Crippen molar-refractivity contribution in [1.82, 2.24) is 15.2 Å². The van der Waals surface area contributed by atoms with Crippen molar-refractivity contribution in [3.63, 3.8) is 0 Å². The molecule has 4 amide bonds. The molecule has 8 nitrogen and oxygen atoms in total. The van der Waals surface area contributed by atoms with Crippen LogP contribution in [0.4, 0.5) is 10.5 Å². The highest BCUT2D eigenvalue weighted by Gasteiger charge is 2.53. The van der Waals surface area contributed by atoms with Crippen molar-refractivity contribution in [2.75, 3.05) is 18.1 Å². The number of H-pyrrole nitrogens is 1. The van der Waals surface area contributed by atoms with E-state index in [9.17, 15) is 14.4 Å². The molecular weight excluding hydrogens is 492 g/mol. The number of amides is 4. The first-order valence-electron chi connectivity index (χ1n) is 13.4. The van der Waals surface area contributed by atoms with Crippen molar-refractivity contribution in [2.45, 2.75) is 37.5 Å². The van der Waals surface area contributed by atoms with Gasteiger partial charge in [-0.25, -0.2) is 9.69 Å². The summed E-state index contributed by atoms with van der Waals surface area (Å²) in [6.45, 7) is 1.09. The average molecular weight is 521 g/mol. The second kappa shape index (κ2) is 9.39. The van der Waals surface area contributed by atoms with E-state index in [4.69, 9.17) is 4.74 Å². The quantitative estimate of drug-likeness (QED) is 0.377. The SMILES string of the molecule is O=C(NC[C@@H]1CCCO1)c1ccccc1N1C(=O)[C@@H]2Cc3c([nH]c4ccccc34)[C@@H](c3ccccc3)N2C1=O. The molecule has 0 unspecified atom stereocenters. The first kappa shape index (κ1) is 23.7. The molecule has 39 heavy (non-hydrogen) atoms. The Bertz CT molecular complexity index is 1590. The van der Waals surface area contributed by atoms with Crippen molar-refractivity contribution < 1.29 is 19.1 Å². The number of ether oxygens (including phenoxy) is 1. The van der Waals surface area contributed by atoms with E-state index < -0.39 is 18.1 Å². The Morgan fingerprint density at radius 2 is 1.74 bits per heavy atom. The zero-order valence-corrected chi connectivity index (χ0v) is 21.3. The molecule has 3 aromatic carbocycles. The van der Waals surface area contributed by atoms with Gasteiger partial charge in [0.15, 0.2) is 0 Å². The lowest BCUT2D eigenvalue weighted by molar-refractivity contribution is -0.120. The van der Waals surface area contributed by atoms with Crippen molar-refractivity contribution in [2.24, 2.45) is 0 Å². The molecule has 7 rings (SSSR count).